The van der Waals surface area contributed by atoms with E-state index >= 15 is 0 Å². The second-order valence-electron chi connectivity index (χ2n) is 5.33. The van der Waals surface area contributed by atoms with Gasteiger partial charge in [0.15, 0.2) is 0 Å². The van der Waals surface area contributed by atoms with Gasteiger partial charge in [-0.1, -0.05) is 62.1 Å². The van der Waals surface area contributed by atoms with Crippen molar-refractivity contribution in [3.63, 3.8) is 0 Å². The summed E-state index contributed by atoms with van der Waals surface area (Å²) in [5.74, 6) is 6.62. The number of fused-ring (bicyclic) bond motifs is 2. The molecule has 0 saturated carbocycles. The number of rotatable bonds is 3. The summed E-state index contributed by atoms with van der Waals surface area (Å²) in [6.07, 6.45) is 2.11. The van der Waals surface area contributed by atoms with Crippen LogP contribution in [0.3, 0.4) is 0 Å². The average molecular weight is 273 g/mol. The molecule has 0 bridgehead atoms. The van der Waals surface area contributed by atoms with E-state index in [0.29, 0.717) is 0 Å². The molecular weight excluding hydrogens is 254 g/mol. The second-order valence-corrected chi connectivity index (χ2v) is 5.33. The van der Waals surface area contributed by atoms with Crippen molar-refractivity contribution in [2.24, 2.45) is 0 Å². The molecule has 1 heteroatoms. The molecule has 0 aliphatic carbocycles. The van der Waals surface area contributed by atoms with Gasteiger partial charge in [0.05, 0.1) is 5.69 Å². The summed E-state index contributed by atoms with van der Waals surface area (Å²) in [6, 6.07) is 16.7. The minimum absolute atomic E-state index is 0.834. The Balaban J connectivity index is 2.14. The summed E-state index contributed by atoms with van der Waals surface area (Å²) in [6.45, 7) is 7.31. The third-order valence-electron chi connectivity index (χ3n) is 3.79. The Morgan fingerprint density at radius 3 is 2.52 bits per heavy atom. The van der Waals surface area contributed by atoms with Gasteiger partial charge < -0.3 is 4.90 Å². The maximum Gasteiger partial charge on any atom is 0.0570 e. The highest BCUT2D eigenvalue weighted by Gasteiger charge is 2.16. The zero-order chi connectivity index (χ0) is 14.7. The number of allylic oxidation sites excluding steroid dienone is 1. The topological polar surface area (TPSA) is 3.24 Å². The van der Waals surface area contributed by atoms with Gasteiger partial charge in [-0.25, -0.2) is 0 Å². The van der Waals surface area contributed by atoms with Gasteiger partial charge in [-0.2, -0.15) is 0 Å². The zero-order valence-electron chi connectivity index (χ0n) is 12.4. The standard InChI is InChI=1S/C20H19N/c1-3-8-16(2)21-15-19-11-5-4-9-17(19)13-14-18-10-6-7-12-20(18)21/h4-7,9-12H,2-3,8,15H2,1H3. The summed E-state index contributed by atoms with van der Waals surface area (Å²) in [5, 5.41) is 0. The van der Waals surface area contributed by atoms with Gasteiger partial charge in [0.25, 0.3) is 0 Å². The second kappa shape index (κ2) is 5.89. The van der Waals surface area contributed by atoms with Crippen LogP contribution >= 0.6 is 0 Å². The van der Waals surface area contributed by atoms with E-state index in [2.05, 4.69) is 66.6 Å². The van der Waals surface area contributed by atoms with Crippen LogP contribution in [0.1, 0.15) is 36.5 Å². The van der Waals surface area contributed by atoms with Crippen LogP contribution in [0.25, 0.3) is 0 Å². The minimum atomic E-state index is 0.834. The lowest BCUT2D eigenvalue weighted by molar-refractivity contribution is 0.808. The number of nitrogens with zero attached hydrogens (tertiary/aromatic N) is 1. The molecule has 1 aliphatic heterocycles. The molecule has 0 spiro atoms. The number of benzene rings is 2. The number of para-hydroxylation sites is 1. The van der Waals surface area contributed by atoms with Crippen molar-refractivity contribution in [3.05, 3.63) is 77.5 Å². The van der Waals surface area contributed by atoms with Crippen LogP contribution < -0.4 is 4.90 Å². The average Bonchev–Trinajstić information content (AvgIpc) is 2.50. The van der Waals surface area contributed by atoms with E-state index in [1.54, 1.807) is 0 Å². The SMILES string of the molecule is C=C(CCC)N1Cc2ccccc2C#Cc2ccccc21. The molecule has 0 fully saturated rings. The first-order valence-corrected chi connectivity index (χ1v) is 7.44. The minimum Gasteiger partial charge on any atom is -0.340 e. The van der Waals surface area contributed by atoms with E-state index in [1.165, 1.54) is 5.56 Å². The Bertz CT molecular complexity index is 731. The summed E-state index contributed by atoms with van der Waals surface area (Å²) in [4.78, 5) is 2.31. The highest BCUT2D eigenvalue weighted by Crippen LogP contribution is 2.29. The van der Waals surface area contributed by atoms with Crippen LogP contribution in [0.2, 0.25) is 0 Å². The fourth-order valence-corrected chi connectivity index (χ4v) is 2.69. The van der Waals surface area contributed by atoms with E-state index in [4.69, 9.17) is 0 Å². The van der Waals surface area contributed by atoms with E-state index in [9.17, 15) is 0 Å². The summed E-state index contributed by atoms with van der Waals surface area (Å²) < 4.78 is 0. The van der Waals surface area contributed by atoms with Crippen LogP contribution in [-0.2, 0) is 6.54 Å². The number of hydrogen-bond donors (Lipinski definition) is 0. The van der Waals surface area contributed by atoms with Crippen molar-refractivity contribution < 1.29 is 0 Å². The molecule has 0 unspecified atom stereocenters. The lowest BCUT2D eigenvalue weighted by Gasteiger charge is -2.29. The van der Waals surface area contributed by atoms with Crippen LogP contribution in [0.4, 0.5) is 5.69 Å². The van der Waals surface area contributed by atoms with Crippen molar-refractivity contribution in [3.8, 4) is 11.8 Å². The maximum atomic E-state index is 4.29. The van der Waals surface area contributed by atoms with Crippen molar-refractivity contribution in [2.45, 2.75) is 26.3 Å². The van der Waals surface area contributed by atoms with Crippen LogP contribution in [0, 0.1) is 11.8 Å². The van der Waals surface area contributed by atoms with Crippen molar-refractivity contribution in [2.75, 3.05) is 4.90 Å². The fraction of sp³-hybridized carbons (Fsp3) is 0.200. The number of hydrogen-bond acceptors (Lipinski definition) is 1. The highest BCUT2D eigenvalue weighted by molar-refractivity contribution is 5.66. The monoisotopic (exact) mass is 273 g/mol. The van der Waals surface area contributed by atoms with E-state index in [-0.39, 0.29) is 0 Å². The predicted molar refractivity (Wildman–Crippen MR) is 89.1 cm³/mol. The molecule has 104 valence electrons. The number of anilines is 1. The van der Waals surface area contributed by atoms with Crippen LogP contribution in [0.15, 0.2) is 60.8 Å². The molecule has 0 radical (unpaired) electrons. The molecule has 21 heavy (non-hydrogen) atoms. The lowest BCUT2D eigenvalue weighted by atomic mass is 10.0. The van der Waals surface area contributed by atoms with E-state index < -0.39 is 0 Å². The highest BCUT2D eigenvalue weighted by atomic mass is 15.1. The summed E-state index contributed by atoms with van der Waals surface area (Å²) >= 11 is 0. The molecule has 1 heterocycles. The Hall–Kier alpha value is -2.46. The van der Waals surface area contributed by atoms with Crippen LogP contribution in [-0.4, -0.2) is 0 Å². The zero-order valence-corrected chi connectivity index (χ0v) is 12.4. The fourth-order valence-electron chi connectivity index (χ4n) is 2.69. The molecular formula is C20H19N. The Kier molecular flexibility index (Phi) is 3.79. The third kappa shape index (κ3) is 2.71. The van der Waals surface area contributed by atoms with Crippen molar-refractivity contribution in [1.82, 2.24) is 0 Å². The van der Waals surface area contributed by atoms with Crippen molar-refractivity contribution in [1.29, 1.82) is 0 Å². The molecule has 0 amide bonds. The van der Waals surface area contributed by atoms with E-state index in [0.717, 1.165) is 41.9 Å². The first kappa shape index (κ1) is 13.5. The molecule has 0 aromatic heterocycles. The molecule has 0 atom stereocenters. The molecule has 1 aliphatic rings. The molecule has 2 aromatic carbocycles. The summed E-state index contributed by atoms with van der Waals surface area (Å²) in [7, 11) is 0. The van der Waals surface area contributed by atoms with Gasteiger partial charge in [-0.15, -0.1) is 0 Å². The van der Waals surface area contributed by atoms with Gasteiger partial charge in [0.1, 0.15) is 0 Å². The van der Waals surface area contributed by atoms with Gasteiger partial charge in [-0.3, -0.25) is 0 Å². The lowest BCUT2D eigenvalue weighted by Crippen LogP contribution is -2.23. The normalized spacial score (nSPS) is 12.3. The smallest absolute Gasteiger partial charge is 0.0570 e. The Labute approximate surface area is 126 Å². The summed E-state index contributed by atoms with van der Waals surface area (Å²) in [5.41, 5.74) is 5.77. The molecule has 2 aromatic rings. The maximum absolute atomic E-state index is 4.29. The van der Waals surface area contributed by atoms with Gasteiger partial charge >= 0.3 is 0 Å². The molecule has 1 nitrogen and oxygen atoms in total. The molecule has 3 rings (SSSR count). The van der Waals surface area contributed by atoms with Gasteiger partial charge in [0, 0.05) is 23.4 Å². The quantitative estimate of drug-likeness (QED) is 0.731. The third-order valence-corrected chi connectivity index (χ3v) is 3.79. The van der Waals surface area contributed by atoms with Crippen molar-refractivity contribution >= 4 is 5.69 Å². The Morgan fingerprint density at radius 1 is 1.05 bits per heavy atom. The Morgan fingerprint density at radius 2 is 1.71 bits per heavy atom. The first-order valence-electron chi connectivity index (χ1n) is 7.44. The van der Waals surface area contributed by atoms with Gasteiger partial charge in [-0.05, 0) is 30.2 Å². The molecule has 0 N–H and O–H groups in total. The first-order chi connectivity index (χ1) is 10.3. The van der Waals surface area contributed by atoms with E-state index in [1.807, 2.05) is 12.1 Å². The molecule has 0 saturated heterocycles. The predicted octanol–water partition coefficient (Wildman–Crippen LogP) is 4.72. The van der Waals surface area contributed by atoms with Crippen LogP contribution in [0.5, 0.6) is 0 Å². The van der Waals surface area contributed by atoms with Gasteiger partial charge in [0.2, 0.25) is 0 Å². The largest absolute Gasteiger partial charge is 0.340 e.